The van der Waals surface area contributed by atoms with Gasteiger partial charge in [0.25, 0.3) is 5.88 Å². The quantitative estimate of drug-likeness (QED) is 0.535. The zero-order valence-corrected chi connectivity index (χ0v) is 14.1. The van der Waals surface area contributed by atoms with Crippen molar-refractivity contribution < 1.29 is 22.7 Å². The third-order valence-corrected chi connectivity index (χ3v) is 3.91. The van der Waals surface area contributed by atoms with Gasteiger partial charge in [0.2, 0.25) is 0 Å². The molecule has 0 saturated heterocycles. The van der Waals surface area contributed by atoms with Gasteiger partial charge >= 0.3 is 17.7 Å². The zero-order valence-electron chi connectivity index (χ0n) is 11.9. The van der Waals surface area contributed by atoms with Gasteiger partial charge in [-0.05, 0) is 47.7 Å². The first-order valence-corrected chi connectivity index (χ1v) is 7.34. The Hall–Kier alpha value is -1.91. The second-order valence-corrected chi connectivity index (χ2v) is 5.60. The molecule has 9 heteroatoms. The summed E-state index contributed by atoms with van der Waals surface area (Å²) in [5.74, 6) is -1.23. The normalized spacial score (nSPS) is 11.4. The number of esters is 1. The highest BCUT2D eigenvalue weighted by atomic mass is 127. The van der Waals surface area contributed by atoms with Crippen LogP contribution in [0.3, 0.4) is 0 Å². The maximum atomic E-state index is 12.8. The number of nitrogens with zero attached hydrogens (tertiary/aromatic N) is 2. The first-order chi connectivity index (χ1) is 10.6. The predicted molar refractivity (Wildman–Crippen MR) is 83.6 cm³/mol. The number of aromatic nitrogens is 2. The van der Waals surface area contributed by atoms with E-state index in [0.29, 0.717) is 9.39 Å². The largest absolute Gasteiger partial charge is 0.416 e. The van der Waals surface area contributed by atoms with Gasteiger partial charge in [0.1, 0.15) is 3.70 Å². The van der Waals surface area contributed by atoms with Crippen LogP contribution in [0.15, 0.2) is 29.1 Å². The van der Waals surface area contributed by atoms with E-state index >= 15 is 0 Å². The maximum Gasteiger partial charge on any atom is 0.416 e. The molecule has 0 aliphatic heterocycles. The number of ether oxygens (including phenoxy) is 1. The SMILES string of the molecule is CC(=O)Oc1nc(I)c(C)n(-c2cccc(C(F)(F)F)c2)c1=O. The average molecular weight is 438 g/mol. The molecule has 1 aromatic heterocycles. The van der Waals surface area contributed by atoms with Gasteiger partial charge in [0, 0.05) is 12.6 Å². The first kappa shape index (κ1) is 17.4. The van der Waals surface area contributed by atoms with Crippen LogP contribution in [-0.4, -0.2) is 15.5 Å². The summed E-state index contributed by atoms with van der Waals surface area (Å²) in [5.41, 5.74) is -1.35. The van der Waals surface area contributed by atoms with Gasteiger partial charge in [-0.2, -0.15) is 13.2 Å². The lowest BCUT2D eigenvalue weighted by Gasteiger charge is -2.14. The molecular weight excluding hydrogens is 428 g/mol. The van der Waals surface area contributed by atoms with E-state index in [-0.39, 0.29) is 5.69 Å². The minimum absolute atomic E-state index is 0.0102. The number of benzene rings is 1. The van der Waals surface area contributed by atoms with Gasteiger partial charge in [0.05, 0.1) is 11.3 Å². The highest BCUT2D eigenvalue weighted by Gasteiger charge is 2.31. The summed E-state index contributed by atoms with van der Waals surface area (Å²) in [6.45, 7) is 2.64. The van der Waals surface area contributed by atoms with Crippen molar-refractivity contribution in [3.63, 3.8) is 0 Å². The van der Waals surface area contributed by atoms with Crippen molar-refractivity contribution >= 4 is 28.6 Å². The Bertz CT molecular complexity index is 831. The maximum absolute atomic E-state index is 12.8. The predicted octanol–water partition coefficient (Wildman–Crippen LogP) is 3.09. The van der Waals surface area contributed by atoms with E-state index in [1.54, 1.807) is 22.6 Å². The van der Waals surface area contributed by atoms with E-state index in [0.717, 1.165) is 23.6 Å². The fourth-order valence-electron chi connectivity index (χ4n) is 1.89. The number of hydrogen-bond acceptors (Lipinski definition) is 4. The summed E-state index contributed by atoms with van der Waals surface area (Å²) in [5, 5.41) is 0. The van der Waals surface area contributed by atoms with Crippen LogP contribution in [0.2, 0.25) is 0 Å². The number of carbonyl (C=O) groups excluding carboxylic acids is 1. The lowest BCUT2D eigenvalue weighted by atomic mass is 10.2. The molecule has 0 N–H and O–H groups in total. The second kappa shape index (κ2) is 6.30. The molecule has 23 heavy (non-hydrogen) atoms. The van der Waals surface area contributed by atoms with Crippen molar-refractivity contribution in [1.29, 1.82) is 0 Å². The molecule has 0 unspecified atom stereocenters. The van der Waals surface area contributed by atoms with Gasteiger partial charge < -0.3 is 4.74 Å². The zero-order chi connectivity index (χ0) is 17.4. The van der Waals surface area contributed by atoms with Crippen LogP contribution in [0.4, 0.5) is 13.2 Å². The Morgan fingerprint density at radius 3 is 2.57 bits per heavy atom. The third-order valence-electron chi connectivity index (χ3n) is 2.89. The van der Waals surface area contributed by atoms with E-state index in [1.165, 1.54) is 19.1 Å². The molecule has 5 nitrogen and oxygen atoms in total. The average Bonchev–Trinajstić information content (AvgIpc) is 2.44. The van der Waals surface area contributed by atoms with Crippen LogP contribution in [0.5, 0.6) is 5.88 Å². The topological polar surface area (TPSA) is 61.2 Å². The minimum atomic E-state index is -4.54. The van der Waals surface area contributed by atoms with Crippen molar-refractivity contribution in [2.45, 2.75) is 20.0 Å². The van der Waals surface area contributed by atoms with Crippen molar-refractivity contribution in [3.05, 3.63) is 49.6 Å². The van der Waals surface area contributed by atoms with E-state index < -0.39 is 29.1 Å². The molecule has 1 heterocycles. The highest BCUT2D eigenvalue weighted by Crippen LogP contribution is 2.30. The molecule has 0 spiro atoms. The first-order valence-electron chi connectivity index (χ1n) is 6.26. The lowest BCUT2D eigenvalue weighted by Crippen LogP contribution is -2.26. The van der Waals surface area contributed by atoms with Gasteiger partial charge in [-0.25, -0.2) is 4.98 Å². The van der Waals surface area contributed by atoms with E-state index in [9.17, 15) is 22.8 Å². The van der Waals surface area contributed by atoms with E-state index in [2.05, 4.69) is 4.98 Å². The molecular formula is C14H10F3IN2O3. The Balaban J connectivity index is 2.71. The Morgan fingerprint density at radius 2 is 2.00 bits per heavy atom. The third kappa shape index (κ3) is 3.71. The summed E-state index contributed by atoms with van der Waals surface area (Å²) in [6.07, 6.45) is -4.54. The van der Waals surface area contributed by atoms with Gasteiger partial charge in [-0.3, -0.25) is 14.2 Å². The molecule has 0 atom stereocenters. The summed E-state index contributed by atoms with van der Waals surface area (Å²) >= 11 is 1.81. The monoisotopic (exact) mass is 438 g/mol. The number of hydrogen-bond donors (Lipinski definition) is 0. The van der Waals surface area contributed by atoms with Crippen LogP contribution >= 0.6 is 22.6 Å². The molecule has 0 fully saturated rings. The molecule has 2 aromatic rings. The summed E-state index contributed by atoms with van der Waals surface area (Å²) in [6, 6.07) is 4.31. The van der Waals surface area contributed by atoms with Crippen molar-refractivity contribution in [3.8, 4) is 11.6 Å². The van der Waals surface area contributed by atoms with Crippen molar-refractivity contribution in [2.75, 3.05) is 0 Å². The molecule has 0 bridgehead atoms. The molecule has 0 radical (unpaired) electrons. The van der Waals surface area contributed by atoms with Gasteiger partial charge in [-0.15, -0.1) is 0 Å². The van der Waals surface area contributed by atoms with Crippen LogP contribution < -0.4 is 10.3 Å². The Morgan fingerprint density at radius 1 is 1.35 bits per heavy atom. The highest BCUT2D eigenvalue weighted by molar-refractivity contribution is 14.1. The molecule has 2 rings (SSSR count). The van der Waals surface area contributed by atoms with Gasteiger partial charge in [-0.1, -0.05) is 6.07 Å². The number of rotatable bonds is 2. The molecule has 0 aliphatic carbocycles. The molecule has 0 saturated carbocycles. The standard InChI is InChI=1S/C14H10F3IN2O3/c1-7-11(18)19-12(23-8(2)21)13(22)20(7)10-5-3-4-9(6-10)14(15,16)17/h3-6H,1-2H3. The number of halogens is 4. The smallest absolute Gasteiger partial charge is 0.402 e. The number of alkyl halides is 3. The fraction of sp³-hybridized carbons (Fsp3) is 0.214. The molecule has 0 amide bonds. The minimum Gasteiger partial charge on any atom is -0.402 e. The van der Waals surface area contributed by atoms with Crippen LogP contribution in [0.25, 0.3) is 5.69 Å². The summed E-state index contributed by atoms with van der Waals surface area (Å²) in [4.78, 5) is 27.3. The van der Waals surface area contributed by atoms with Gasteiger partial charge in [0.15, 0.2) is 0 Å². The number of carbonyl (C=O) groups is 1. The lowest BCUT2D eigenvalue weighted by molar-refractivity contribution is -0.137. The summed E-state index contributed by atoms with van der Waals surface area (Å²) < 4.78 is 44.6. The van der Waals surface area contributed by atoms with E-state index in [1.807, 2.05) is 0 Å². The molecule has 1 aromatic carbocycles. The molecule has 0 aliphatic rings. The second-order valence-electron chi connectivity index (χ2n) is 4.58. The molecule has 122 valence electrons. The van der Waals surface area contributed by atoms with Crippen molar-refractivity contribution in [1.82, 2.24) is 9.55 Å². The van der Waals surface area contributed by atoms with Crippen LogP contribution in [0, 0.1) is 10.6 Å². The fourth-order valence-corrected chi connectivity index (χ4v) is 2.35. The Kier molecular flexibility index (Phi) is 4.78. The summed E-state index contributed by atoms with van der Waals surface area (Å²) in [7, 11) is 0. The van der Waals surface area contributed by atoms with Crippen LogP contribution in [0.1, 0.15) is 18.2 Å². The van der Waals surface area contributed by atoms with E-state index in [4.69, 9.17) is 4.74 Å². The van der Waals surface area contributed by atoms with Crippen molar-refractivity contribution in [2.24, 2.45) is 0 Å². The Labute approximate surface area is 142 Å². The van der Waals surface area contributed by atoms with Crippen LogP contribution in [-0.2, 0) is 11.0 Å².